The van der Waals surface area contributed by atoms with Gasteiger partial charge in [-0.2, -0.15) is 0 Å². The second-order valence-corrected chi connectivity index (χ2v) is 5.42. The average molecular weight is 236 g/mol. The molecule has 16 heavy (non-hydrogen) atoms. The Morgan fingerprint density at radius 3 is 2.44 bits per heavy atom. The summed E-state index contributed by atoms with van der Waals surface area (Å²) in [5.74, 6) is 0.790. The fraction of sp³-hybridized carbons (Fsp3) is 0.429. The Kier molecular flexibility index (Phi) is 6.82. The summed E-state index contributed by atoms with van der Waals surface area (Å²) >= 11 is 0. The van der Waals surface area contributed by atoms with E-state index in [-0.39, 0.29) is 0 Å². The highest BCUT2D eigenvalue weighted by molar-refractivity contribution is 7.85. The average Bonchev–Trinajstić information content (AvgIpc) is 2.34. The Balaban J connectivity index is 2.14. The van der Waals surface area contributed by atoms with Crippen LogP contribution in [0.5, 0.6) is 0 Å². The largest absolute Gasteiger partial charge is 0.254 e. The molecule has 2 heteroatoms. The van der Waals surface area contributed by atoms with Crippen LogP contribution in [-0.2, 0) is 10.8 Å². The maximum absolute atomic E-state index is 11.8. The van der Waals surface area contributed by atoms with E-state index in [0.29, 0.717) is 0 Å². The standard InChI is InChI=1S/C14H20OS/c1-2-3-4-5-6-10-13-16(15)14-11-8-7-9-12-14/h2,7-9,11-12H,1,3-6,10,13H2. The molecular formula is C14H20OS. The van der Waals surface area contributed by atoms with Gasteiger partial charge in [0.15, 0.2) is 0 Å². The summed E-state index contributed by atoms with van der Waals surface area (Å²) in [5.41, 5.74) is 0. The van der Waals surface area contributed by atoms with Gasteiger partial charge in [-0.25, -0.2) is 0 Å². The predicted octanol–water partition coefficient (Wildman–Crippen LogP) is 3.93. The second-order valence-electron chi connectivity index (χ2n) is 3.85. The van der Waals surface area contributed by atoms with Crippen molar-refractivity contribution in [3.63, 3.8) is 0 Å². The summed E-state index contributed by atoms with van der Waals surface area (Å²) < 4.78 is 11.8. The zero-order chi connectivity index (χ0) is 11.6. The molecule has 0 N–H and O–H groups in total. The molecule has 0 spiro atoms. The van der Waals surface area contributed by atoms with Crippen molar-refractivity contribution in [2.45, 2.75) is 37.0 Å². The molecule has 0 fully saturated rings. The van der Waals surface area contributed by atoms with Gasteiger partial charge < -0.3 is 0 Å². The number of unbranched alkanes of at least 4 members (excludes halogenated alkanes) is 4. The molecule has 1 rings (SSSR count). The van der Waals surface area contributed by atoms with E-state index in [1.807, 2.05) is 36.4 Å². The molecule has 1 aromatic carbocycles. The number of hydrogen-bond acceptors (Lipinski definition) is 1. The third kappa shape index (κ3) is 5.26. The highest BCUT2D eigenvalue weighted by atomic mass is 32.2. The lowest BCUT2D eigenvalue weighted by Crippen LogP contribution is -1.97. The maximum atomic E-state index is 11.8. The fourth-order valence-electron chi connectivity index (χ4n) is 1.57. The SMILES string of the molecule is C=CCCCCCCS(=O)c1ccccc1. The molecule has 0 aliphatic carbocycles. The Morgan fingerprint density at radius 1 is 1.06 bits per heavy atom. The third-order valence-corrected chi connectivity index (χ3v) is 3.95. The van der Waals surface area contributed by atoms with Crippen LogP contribution in [0.15, 0.2) is 47.9 Å². The van der Waals surface area contributed by atoms with Gasteiger partial charge >= 0.3 is 0 Å². The molecule has 0 radical (unpaired) electrons. The minimum atomic E-state index is -0.811. The van der Waals surface area contributed by atoms with Crippen LogP contribution in [0.2, 0.25) is 0 Å². The Bertz CT molecular complexity index is 319. The van der Waals surface area contributed by atoms with Crippen molar-refractivity contribution in [1.82, 2.24) is 0 Å². The van der Waals surface area contributed by atoms with Crippen LogP contribution in [-0.4, -0.2) is 9.96 Å². The molecule has 0 heterocycles. The summed E-state index contributed by atoms with van der Waals surface area (Å²) in [7, 11) is -0.811. The van der Waals surface area contributed by atoms with Crippen molar-refractivity contribution in [2.24, 2.45) is 0 Å². The van der Waals surface area contributed by atoms with Gasteiger partial charge in [-0.1, -0.05) is 37.1 Å². The summed E-state index contributed by atoms with van der Waals surface area (Å²) in [5, 5.41) is 0. The molecular weight excluding hydrogens is 216 g/mol. The van der Waals surface area contributed by atoms with Gasteiger partial charge in [-0.05, 0) is 31.4 Å². The number of allylic oxidation sites excluding steroid dienone is 1. The molecule has 0 saturated carbocycles. The number of hydrogen-bond donors (Lipinski definition) is 0. The zero-order valence-corrected chi connectivity index (χ0v) is 10.5. The van der Waals surface area contributed by atoms with Gasteiger partial charge in [0, 0.05) is 10.6 Å². The van der Waals surface area contributed by atoms with Crippen LogP contribution in [0.4, 0.5) is 0 Å². The maximum Gasteiger partial charge on any atom is 0.0529 e. The molecule has 1 unspecified atom stereocenters. The smallest absolute Gasteiger partial charge is 0.0529 e. The highest BCUT2D eigenvalue weighted by Crippen LogP contribution is 2.09. The third-order valence-electron chi connectivity index (χ3n) is 2.49. The van der Waals surface area contributed by atoms with E-state index >= 15 is 0 Å². The van der Waals surface area contributed by atoms with Crippen LogP contribution in [0, 0.1) is 0 Å². The van der Waals surface area contributed by atoms with Gasteiger partial charge in [0.05, 0.1) is 10.8 Å². The van der Waals surface area contributed by atoms with E-state index < -0.39 is 10.8 Å². The van der Waals surface area contributed by atoms with E-state index in [9.17, 15) is 4.21 Å². The van der Waals surface area contributed by atoms with Crippen LogP contribution < -0.4 is 0 Å². The molecule has 0 aliphatic rings. The van der Waals surface area contributed by atoms with Crippen molar-refractivity contribution in [1.29, 1.82) is 0 Å². The first-order chi connectivity index (χ1) is 7.84. The Morgan fingerprint density at radius 2 is 1.75 bits per heavy atom. The first kappa shape index (κ1) is 13.2. The molecule has 0 bridgehead atoms. The molecule has 0 saturated heterocycles. The van der Waals surface area contributed by atoms with Crippen molar-refractivity contribution < 1.29 is 4.21 Å². The van der Waals surface area contributed by atoms with Crippen LogP contribution in [0.3, 0.4) is 0 Å². The number of benzene rings is 1. The van der Waals surface area contributed by atoms with Gasteiger partial charge in [0.25, 0.3) is 0 Å². The lowest BCUT2D eigenvalue weighted by Gasteiger charge is -2.02. The normalized spacial score (nSPS) is 12.2. The minimum absolute atomic E-state index is 0.790. The van der Waals surface area contributed by atoms with Gasteiger partial charge in [0.2, 0.25) is 0 Å². The molecule has 1 atom stereocenters. The monoisotopic (exact) mass is 236 g/mol. The molecule has 0 amide bonds. The van der Waals surface area contributed by atoms with E-state index in [2.05, 4.69) is 6.58 Å². The van der Waals surface area contributed by atoms with E-state index in [1.165, 1.54) is 19.3 Å². The van der Waals surface area contributed by atoms with Crippen molar-refractivity contribution in [3.05, 3.63) is 43.0 Å². The lowest BCUT2D eigenvalue weighted by atomic mass is 10.2. The molecule has 0 aliphatic heterocycles. The first-order valence-electron chi connectivity index (χ1n) is 5.89. The zero-order valence-electron chi connectivity index (χ0n) is 9.73. The van der Waals surface area contributed by atoms with Crippen molar-refractivity contribution in [2.75, 3.05) is 5.75 Å². The topological polar surface area (TPSA) is 17.1 Å². The second kappa shape index (κ2) is 8.28. The molecule has 0 aromatic heterocycles. The van der Waals surface area contributed by atoms with Crippen molar-refractivity contribution >= 4 is 10.8 Å². The lowest BCUT2D eigenvalue weighted by molar-refractivity contribution is 0.658. The summed E-state index contributed by atoms with van der Waals surface area (Å²) in [4.78, 5) is 0.952. The Labute approximate surface area is 101 Å². The van der Waals surface area contributed by atoms with Crippen LogP contribution in [0.25, 0.3) is 0 Å². The van der Waals surface area contributed by atoms with Crippen LogP contribution in [0.1, 0.15) is 32.1 Å². The minimum Gasteiger partial charge on any atom is -0.254 e. The van der Waals surface area contributed by atoms with Gasteiger partial charge in [0.1, 0.15) is 0 Å². The summed E-state index contributed by atoms with van der Waals surface area (Å²) in [6.07, 6.45) is 7.72. The summed E-state index contributed by atoms with van der Waals surface area (Å²) in [6.45, 7) is 3.70. The number of rotatable bonds is 8. The fourth-order valence-corrected chi connectivity index (χ4v) is 2.73. The van der Waals surface area contributed by atoms with E-state index in [1.54, 1.807) is 0 Å². The molecule has 1 nitrogen and oxygen atoms in total. The molecule has 1 aromatic rings. The van der Waals surface area contributed by atoms with Gasteiger partial charge in [-0.3, -0.25) is 4.21 Å². The first-order valence-corrected chi connectivity index (χ1v) is 7.21. The predicted molar refractivity (Wildman–Crippen MR) is 71.0 cm³/mol. The van der Waals surface area contributed by atoms with E-state index in [4.69, 9.17) is 0 Å². The highest BCUT2D eigenvalue weighted by Gasteiger charge is 2.01. The van der Waals surface area contributed by atoms with E-state index in [0.717, 1.165) is 23.5 Å². The van der Waals surface area contributed by atoms with Crippen molar-refractivity contribution in [3.8, 4) is 0 Å². The molecule has 88 valence electrons. The van der Waals surface area contributed by atoms with Crippen LogP contribution >= 0.6 is 0 Å². The Hall–Kier alpha value is -0.890. The van der Waals surface area contributed by atoms with Gasteiger partial charge in [-0.15, -0.1) is 6.58 Å². The quantitative estimate of drug-likeness (QED) is 0.494. The summed E-state index contributed by atoms with van der Waals surface area (Å²) in [6, 6.07) is 9.71.